The van der Waals surface area contributed by atoms with Crippen molar-refractivity contribution in [2.45, 2.75) is 45.3 Å². The second-order valence-corrected chi connectivity index (χ2v) is 8.79. The molecule has 1 amide bonds. The number of anilines is 1. The van der Waals surface area contributed by atoms with Crippen LogP contribution in [-0.4, -0.2) is 69.5 Å². The fraction of sp³-hybridized carbons (Fsp3) is 0.348. The zero-order chi connectivity index (χ0) is 24.5. The van der Waals surface area contributed by atoms with Gasteiger partial charge in [-0.1, -0.05) is 5.21 Å². The van der Waals surface area contributed by atoms with Crippen molar-refractivity contribution < 1.29 is 9.90 Å². The lowest BCUT2D eigenvalue weighted by atomic mass is 10.1. The Morgan fingerprint density at radius 1 is 1.29 bits per heavy atom. The normalized spacial score (nSPS) is 15.6. The molecule has 1 fully saturated rings. The summed E-state index contributed by atoms with van der Waals surface area (Å²) in [7, 11) is 0. The lowest BCUT2D eigenvalue weighted by Gasteiger charge is -2.20. The van der Waals surface area contributed by atoms with E-state index in [1.54, 1.807) is 27.8 Å². The van der Waals surface area contributed by atoms with E-state index in [9.17, 15) is 9.90 Å². The van der Waals surface area contributed by atoms with Crippen molar-refractivity contribution in [3.63, 3.8) is 0 Å². The molecule has 178 valence electrons. The monoisotopic (exact) mass is 472 g/mol. The zero-order valence-corrected chi connectivity index (χ0v) is 19.3. The molecule has 4 aromatic rings. The topological polar surface area (TPSA) is 151 Å². The highest BCUT2D eigenvalue weighted by Gasteiger charge is 2.29. The van der Waals surface area contributed by atoms with Gasteiger partial charge in [0.2, 0.25) is 0 Å². The van der Waals surface area contributed by atoms with E-state index in [4.69, 9.17) is 5.26 Å². The van der Waals surface area contributed by atoms with Gasteiger partial charge in [-0.2, -0.15) is 15.0 Å². The molecule has 5 rings (SSSR count). The fourth-order valence-electron chi connectivity index (χ4n) is 4.35. The molecule has 4 aromatic heterocycles. The summed E-state index contributed by atoms with van der Waals surface area (Å²) in [6, 6.07) is 5.73. The third-order valence-corrected chi connectivity index (χ3v) is 5.92. The maximum absolute atomic E-state index is 11.5. The van der Waals surface area contributed by atoms with Gasteiger partial charge in [-0.25, -0.2) is 19.4 Å². The van der Waals surface area contributed by atoms with Gasteiger partial charge in [-0.05, 0) is 32.8 Å². The molecule has 0 radical (unpaired) electrons. The van der Waals surface area contributed by atoms with Crippen molar-refractivity contribution in [1.29, 1.82) is 5.26 Å². The Hall–Kier alpha value is -4.53. The lowest BCUT2D eigenvalue weighted by molar-refractivity contribution is 0.135. The molecule has 0 spiro atoms. The van der Waals surface area contributed by atoms with Gasteiger partial charge < -0.3 is 15.3 Å². The van der Waals surface area contributed by atoms with Crippen LogP contribution in [-0.2, 0) is 6.54 Å². The third-order valence-electron chi connectivity index (χ3n) is 5.92. The molecular weight excluding hydrogens is 448 g/mol. The second-order valence-electron chi connectivity index (χ2n) is 8.79. The van der Waals surface area contributed by atoms with E-state index in [0.29, 0.717) is 35.8 Å². The Kier molecular flexibility index (Phi) is 5.74. The van der Waals surface area contributed by atoms with Crippen molar-refractivity contribution in [2.24, 2.45) is 0 Å². The molecule has 0 aliphatic carbocycles. The van der Waals surface area contributed by atoms with Crippen LogP contribution in [0, 0.1) is 11.3 Å². The van der Waals surface area contributed by atoms with E-state index in [2.05, 4.69) is 36.8 Å². The number of hydrogen-bond donors (Lipinski definition) is 2. The number of aromatic nitrogens is 7. The number of fused-ring (bicyclic) bond motifs is 1. The van der Waals surface area contributed by atoms with Crippen LogP contribution >= 0.6 is 0 Å². The van der Waals surface area contributed by atoms with Gasteiger partial charge in [0.15, 0.2) is 11.5 Å². The highest BCUT2D eigenvalue weighted by molar-refractivity contribution is 5.79. The number of hydrogen-bond acceptors (Lipinski definition) is 8. The van der Waals surface area contributed by atoms with Crippen LogP contribution in [0.4, 0.5) is 10.5 Å². The summed E-state index contributed by atoms with van der Waals surface area (Å²) in [5.41, 5.74) is 3.28. The quantitative estimate of drug-likeness (QED) is 0.431. The number of carboxylic acid groups (broad SMARTS) is 1. The summed E-state index contributed by atoms with van der Waals surface area (Å²) in [5.74, 6) is 0.569. The molecule has 0 aromatic carbocycles. The summed E-state index contributed by atoms with van der Waals surface area (Å²) in [6.45, 7) is 5.07. The van der Waals surface area contributed by atoms with E-state index in [0.717, 1.165) is 29.5 Å². The first kappa shape index (κ1) is 22.3. The maximum Gasteiger partial charge on any atom is 0.407 e. The first-order valence-corrected chi connectivity index (χ1v) is 11.3. The second kappa shape index (κ2) is 9.02. The maximum atomic E-state index is 11.5. The third kappa shape index (κ3) is 4.35. The average molecular weight is 473 g/mol. The number of nitrogens with one attached hydrogen (secondary N) is 1. The van der Waals surface area contributed by atoms with Gasteiger partial charge in [-0.3, -0.25) is 0 Å². The number of pyridine rings is 2. The van der Waals surface area contributed by atoms with Crippen molar-refractivity contribution in [3.8, 4) is 23.1 Å². The zero-order valence-electron chi connectivity index (χ0n) is 19.3. The molecule has 1 aliphatic rings. The number of rotatable bonds is 6. The molecular formula is C23H24N10O2. The number of nitrogens with zero attached hydrogens (tertiary/aromatic N) is 9. The Morgan fingerprint density at radius 3 is 2.91 bits per heavy atom. The molecule has 5 heterocycles. The van der Waals surface area contributed by atoms with Gasteiger partial charge >= 0.3 is 6.09 Å². The molecule has 1 atom stereocenters. The molecule has 0 saturated carbocycles. The van der Waals surface area contributed by atoms with Gasteiger partial charge in [0.1, 0.15) is 11.8 Å². The molecule has 2 N–H and O–H groups in total. The number of amides is 1. The first-order valence-electron chi connectivity index (χ1n) is 11.3. The van der Waals surface area contributed by atoms with Crippen LogP contribution in [0.25, 0.3) is 28.1 Å². The molecule has 0 bridgehead atoms. The lowest BCUT2D eigenvalue weighted by Crippen LogP contribution is -2.37. The highest BCUT2D eigenvalue weighted by Crippen LogP contribution is 2.29. The van der Waals surface area contributed by atoms with E-state index in [1.165, 1.54) is 11.1 Å². The molecule has 1 saturated heterocycles. The van der Waals surface area contributed by atoms with Crippen LogP contribution in [0.5, 0.6) is 0 Å². The van der Waals surface area contributed by atoms with Crippen LogP contribution in [0.1, 0.15) is 32.3 Å². The molecule has 1 unspecified atom stereocenters. The van der Waals surface area contributed by atoms with Gasteiger partial charge in [0.05, 0.1) is 30.5 Å². The smallest absolute Gasteiger partial charge is 0.407 e. The summed E-state index contributed by atoms with van der Waals surface area (Å²) < 4.78 is 3.31. The molecule has 35 heavy (non-hydrogen) atoms. The minimum atomic E-state index is -0.902. The highest BCUT2D eigenvalue weighted by atomic mass is 16.4. The van der Waals surface area contributed by atoms with Crippen molar-refractivity contribution in [1.82, 2.24) is 39.6 Å². The standard InChI is InChI=1S/C23H24N10O2/c1-14(2)28-19-7-21(33-22-16(10-27-33)6-15(8-24)9-26-22)25-11-18(19)20-13-31(30-29-20)12-17-4-3-5-32(17)23(34)35/h6-7,9-11,13-14,17H,3-5,12H2,1-2H3,(H,25,28)(H,34,35). The molecule has 12 nitrogen and oxygen atoms in total. The van der Waals surface area contributed by atoms with E-state index >= 15 is 0 Å². The number of nitriles is 1. The van der Waals surface area contributed by atoms with E-state index in [-0.39, 0.29) is 12.1 Å². The van der Waals surface area contributed by atoms with Crippen LogP contribution in [0.2, 0.25) is 0 Å². The Balaban J connectivity index is 1.47. The summed E-state index contributed by atoms with van der Waals surface area (Å²) in [5, 5.41) is 35.7. The van der Waals surface area contributed by atoms with E-state index in [1.807, 2.05) is 26.1 Å². The van der Waals surface area contributed by atoms with Gasteiger partial charge in [-0.15, -0.1) is 5.10 Å². The summed E-state index contributed by atoms with van der Waals surface area (Å²) >= 11 is 0. The van der Waals surface area contributed by atoms with Gasteiger partial charge in [0, 0.05) is 47.7 Å². The summed E-state index contributed by atoms with van der Waals surface area (Å²) in [4.78, 5) is 21.9. The minimum absolute atomic E-state index is 0.113. The fourth-order valence-corrected chi connectivity index (χ4v) is 4.35. The first-order chi connectivity index (χ1) is 16.9. The van der Waals surface area contributed by atoms with Crippen molar-refractivity contribution in [2.75, 3.05) is 11.9 Å². The van der Waals surface area contributed by atoms with Crippen LogP contribution < -0.4 is 5.32 Å². The van der Waals surface area contributed by atoms with Crippen molar-refractivity contribution in [3.05, 3.63) is 42.5 Å². The predicted molar refractivity (Wildman–Crippen MR) is 127 cm³/mol. The van der Waals surface area contributed by atoms with Crippen LogP contribution in [0.15, 0.2) is 36.9 Å². The molecule has 12 heteroatoms. The number of likely N-dealkylation sites (tertiary alicyclic amines) is 1. The Labute approximate surface area is 200 Å². The predicted octanol–water partition coefficient (Wildman–Crippen LogP) is 2.91. The van der Waals surface area contributed by atoms with Gasteiger partial charge in [0.25, 0.3) is 0 Å². The Morgan fingerprint density at radius 2 is 2.14 bits per heavy atom. The largest absolute Gasteiger partial charge is 0.465 e. The minimum Gasteiger partial charge on any atom is -0.465 e. The molecule has 1 aliphatic heterocycles. The summed E-state index contributed by atoms with van der Waals surface area (Å²) in [6.07, 6.45) is 7.44. The average Bonchev–Trinajstić information content (AvgIpc) is 3.58. The number of carbonyl (C=O) groups is 1. The van der Waals surface area contributed by atoms with E-state index < -0.39 is 6.09 Å². The van der Waals surface area contributed by atoms with Crippen molar-refractivity contribution >= 4 is 22.8 Å². The SMILES string of the molecule is CC(C)Nc1cc(-n2ncc3cc(C#N)cnc32)ncc1-c1cn(CC2CCCN2C(=O)O)nn1. The van der Waals surface area contributed by atoms with Crippen LogP contribution in [0.3, 0.4) is 0 Å². The Bertz CT molecular complexity index is 1430.